The van der Waals surface area contributed by atoms with Gasteiger partial charge in [0.1, 0.15) is 6.10 Å². The summed E-state index contributed by atoms with van der Waals surface area (Å²) in [6.07, 6.45) is 4.45. The highest BCUT2D eigenvalue weighted by Crippen LogP contribution is 2.26. The highest BCUT2D eigenvalue weighted by atomic mass is 16.3. The molecule has 0 spiro atoms. The average molecular weight is 157 g/mol. The van der Waals surface area contributed by atoms with E-state index in [1.54, 1.807) is 0 Å². The second kappa shape index (κ2) is 3.72. The van der Waals surface area contributed by atoms with Gasteiger partial charge in [0.2, 0.25) is 5.91 Å². The summed E-state index contributed by atoms with van der Waals surface area (Å²) in [5.74, 6) is -0.446. The van der Waals surface area contributed by atoms with Crippen molar-refractivity contribution in [2.24, 2.45) is 11.7 Å². The Bertz CT molecular complexity index is 141. The minimum absolute atomic E-state index is 0.126. The van der Waals surface area contributed by atoms with Gasteiger partial charge in [-0.1, -0.05) is 19.3 Å². The molecule has 1 atom stereocenters. The van der Waals surface area contributed by atoms with Crippen LogP contribution < -0.4 is 5.73 Å². The standard InChI is InChI=1S/C8H15NO2/c9-8(11)7(10)6-4-2-1-3-5-6/h6-7,10H,1-5H2,(H2,9,11)/t7-/m1/s1. The average Bonchev–Trinajstić information content (AvgIpc) is 2.05. The van der Waals surface area contributed by atoms with Gasteiger partial charge in [0.25, 0.3) is 0 Å². The molecule has 0 radical (unpaired) electrons. The van der Waals surface area contributed by atoms with Crippen LogP contribution in [0.25, 0.3) is 0 Å². The maximum Gasteiger partial charge on any atom is 0.246 e. The Morgan fingerprint density at radius 2 is 1.91 bits per heavy atom. The van der Waals surface area contributed by atoms with E-state index in [0.717, 1.165) is 25.7 Å². The number of aliphatic hydroxyl groups excluding tert-OH is 1. The Morgan fingerprint density at radius 3 is 2.36 bits per heavy atom. The molecular formula is C8H15NO2. The summed E-state index contributed by atoms with van der Waals surface area (Å²) in [4.78, 5) is 10.6. The Balaban J connectivity index is 2.38. The molecule has 64 valence electrons. The number of amides is 1. The zero-order valence-corrected chi connectivity index (χ0v) is 6.62. The van der Waals surface area contributed by atoms with Gasteiger partial charge >= 0.3 is 0 Å². The number of hydrogen-bond donors (Lipinski definition) is 2. The molecule has 0 unspecified atom stereocenters. The Kier molecular flexibility index (Phi) is 2.88. The lowest BCUT2D eigenvalue weighted by atomic mass is 9.85. The lowest BCUT2D eigenvalue weighted by molar-refractivity contribution is -0.129. The fourth-order valence-corrected chi connectivity index (χ4v) is 1.68. The molecule has 3 nitrogen and oxygen atoms in total. The number of nitrogens with two attached hydrogens (primary N) is 1. The third-order valence-corrected chi connectivity index (χ3v) is 2.39. The third kappa shape index (κ3) is 2.19. The van der Waals surface area contributed by atoms with Crippen LogP contribution in [0.3, 0.4) is 0 Å². The van der Waals surface area contributed by atoms with E-state index in [1.165, 1.54) is 6.42 Å². The SMILES string of the molecule is NC(=O)[C@H](O)C1CCCCC1. The molecule has 0 aromatic rings. The van der Waals surface area contributed by atoms with Crippen LogP contribution in [0.5, 0.6) is 0 Å². The van der Waals surface area contributed by atoms with Crippen molar-refractivity contribution in [2.45, 2.75) is 38.2 Å². The largest absolute Gasteiger partial charge is 0.383 e. The number of carbonyl (C=O) groups excluding carboxylic acids is 1. The smallest absolute Gasteiger partial charge is 0.246 e. The summed E-state index contributed by atoms with van der Waals surface area (Å²) in [7, 11) is 0. The first-order valence-corrected chi connectivity index (χ1v) is 4.19. The summed E-state index contributed by atoms with van der Waals surface area (Å²) < 4.78 is 0. The maximum absolute atomic E-state index is 10.6. The summed E-state index contributed by atoms with van der Waals surface area (Å²) in [5.41, 5.74) is 4.98. The van der Waals surface area contributed by atoms with Crippen molar-refractivity contribution >= 4 is 5.91 Å². The van der Waals surface area contributed by atoms with E-state index in [4.69, 9.17) is 5.73 Å². The Morgan fingerprint density at radius 1 is 1.36 bits per heavy atom. The van der Waals surface area contributed by atoms with Crippen LogP contribution in [-0.4, -0.2) is 17.1 Å². The molecule has 1 aliphatic carbocycles. The third-order valence-electron chi connectivity index (χ3n) is 2.39. The first-order valence-electron chi connectivity index (χ1n) is 4.19. The van der Waals surface area contributed by atoms with Gasteiger partial charge in [-0.2, -0.15) is 0 Å². The van der Waals surface area contributed by atoms with E-state index in [-0.39, 0.29) is 5.92 Å². The molecule has 1 rings (SSSR count). The van der Waals surface area contributed by atoms with E-state index in [0.29, 0.717) is 0 Å². The lowest BCUT2D eigenvalue weighted by Gasteiger charge is -2.24. The van der Waals surface area contributed by atoms with Crippen molar-refractivity contribution in [2.75, 3.05) is 0 Å². The summed E-state index contributed by atoms with van der Waals surface area (Å²) >= 11 is 0. The molecule has 0 heterocycles. The van der Waals surface area contributed by atoms with Crippen molar-refractivity contribution in [3.8, 4) is 0 Å². The topological polar surface area (TPSA) is 63.3 Å². The molecular weight excluding hydrogens is 142 g/mol. The Labute approximate surface area is 66.6 Å². The zero-order valence-electron chi connectivity index (χ0n) is 6.62. The molecule has 1 fully saturated rings. The molecule has 0 aromatic heterocycles. The first-order chi connectivity index (χ1) is 5.22. The predicted molar refractivity (Wildman–Crippen MR) is 41.8 cm³/mol. The highest BCUT2D eigenvalue weighted by molar-refractivity contribution is 5.78. The summed E-state index contributed by atoms with van der Waals surface area (Å²) in [5, 5.41) is 9.28. The molecule has 1 saturated carbocycles. The van der Waals surface area contributed by atoms with Crippen molar-refractivity contribution in [3.05, 3.63) is 0 Å². The van der Waals surface area contributed by atoms with Gasteiger partial charge in [-0.15, -0.1) is 0 Å². The predicted octanol–water partition coefficient (Wildman–Crippen LogP) is 0.413. The molecule has 11 heavy (non-hydrogen) atoms. The van der Waals surface area contributed by atoms with Crippen LogP contribution >= 0.6 is 0 Å². The van der Waals surface area contributed by atoms with Crippen LogP contribution in [0.4, 0.5) is 0 Å². The van der Waals surface area contributed by atoms with Crippen LogP contribution in [0.2, 0.25) is 0 Å². The van der Waals surface area contributed by atoms with Gasteiger partial charge < -0.3 is 10.8 Å². The second-order valence-corrected chi connectivity index (χ2v) is 3.25. The fourth-order valence-electron chi connectivity index (χ4n) is 1.68. The van der Waals surface area contributed by atoms with Crippen molar-refractivity contribution in [1.82, 2.24) is 0 Å². The van der Waals surface area contributed by atoms with Gasteiger partial charge in [0.15, 0.2) is 0 Å². The van der Waals surface area contributed by atoms with E-state index >= 15 is 0 Å². The molecule has 3 N–H and O–H groups in total. The van der Waals surface area contributed by atoms with Gasteiger partial charge in [0.05, 0.1) is 0 Å². The number of rotatable bonds is 2. The van der Waals surface area contributed by atoms with Gasteiger partial charge in [-0.3, -0.25) is 4.79 Å². The molecule has 1 aliphatic rings. The number of aliphatic hydroxyl groups is 1. The number of primary amides is 1. The summed E-state index contributed by atoms with van der Waals surface area (Å²) in [6, 6.07) is 0. The molecule has 0 saturated heterocycles. The van der Waals surface area contributed by atoms with E-state index < -0.39 is 12.0 Å². The maximum atomic E-state index is 10.6. The molecule has 0 aromatic carbocycles. The summed E-state index contributed by atoms with van der Waals surface area (Å²) in [6.45, 7) is 0. The normalized spacial score (nSPS) is 23.0. The van der Waals surface area contributed by atoms with E-state index in [2.05, 4.69) is 0 Å². The highest BCUT2D eigenvalue weighted by Gasteiger charge is 2.25. The minimum Gasteiger partial charge on any atom is -0.383 e. The van der Waals surface area contributed by atoms with Gasteiger partial charge in [0, 0.05) is 0 Å². The number of carbonyl (C=O) groups is 1. The second-order valence-electron chi connectivity index (χ2n) is 3.25. The van der Waals surface area contributed by atoms with Crippen LogP contribution in [0.15, 0.2) is 0 Å². The minimum atomic E-state index is -0.907. The Hall–Kier alpha value is -0.570. The molecule has 0 aliphatic heterocycles. The van der Waals surface area contributed by atoms with Crippen molar-refractivity contribution in [1.29, 1.82) is 0 Å². The zero-order chi connectivity index (χ0) is 8.27. The van der Waals surface area contributed by atoms with Crippen molar-refractivity contribution < 1.29 is 9.90 Å². The molecule has 1 amide bonds. The van der Waals surface area contributed by atoms with Crippen LogP contribution in [0.1, 0.15) is 32.1 Å². The fraction of sp³-hybridized carbons (Fsp3) is 0.875. The van der Waals surface area contributed by atoms with E-state index in [9.17, 15) is 9.90 Å². The van der Waals surface area contributed by atoms with Gasteiger partial charge in [-0.05, 0) is 18.8 Å². The monoisotopic (exact) mass is 157 g/mol. The molecule has 0 bridgehead atoms. The number of hydrogen-bond acceptors (Lipinski definition) is 2. The molecule has 3 heteroatoms. The van der Waals surface area contributed by atoms with E-state index in [1.807, 2.05) is 0 Å². The quantitative estimate of drug-likeness (QED) is 0.610. The van der Waals surface area contributed by atoms with Crippen molar-refractivity contribution in [3.63, 3.8) is 0 Å². The lowest BCUT2D eigenvalue weighted by Crippen LogP contribution is -2.36. The first kappa shape index (κ1) is 8.53. The van der Waals surface area contributed by atoms with Gasteiger partial charge in [-0.25, -0.2) is 0 Å². The van der Waals surface area contributed by atoms with Crippen LogP contribution in [0, 0.1) is 5.92 Å². The van der Waals surface area contributed by atoms with Crippen LogP contribution in [-0.2, 0) is 4.79 Å².